The van der Waals surface area contributed by atoms with Gasteiger partial charge in [-0.25, -0.2) is 4.79 Å². The average molecular weight is 653 g/mol. The summed E-state index contributed by atoms with van der Waals surface area (Å²) in [5.41, 5.74) is 2.34. The number of ether oxygens (including phenoxy) is 8. The maximum absolute atomic E-state index is 13.4. The summed E-state index contributed by atoms with van der Waals surface area (Å²) in [5.74, 6) is -1.71. The second kappa shape index (κ2) is 12.7. The predicted octanol–water partition coefficient (Wildman–Crippen LogP) is 2.81. The maximum Gasteiger partial charge on any atom is 0.339 e. The lowest BCUT2D eigenvalue weighted by Gasteiger charge is -2.43. The predicted molar refractivity (Wildman–Crippen MR) is 158 cm³/mol. The first kappa shape index (κ1) is 32.0. The van der Waals surface area contributed by atoms with Crippen molar-refractivity contribution in [3.63, 3.8) is 0 Å². The van der Waals surface area contributed by atoms with Crippen molar-refractivity contribution < 1.29 is 67.3 Å². The number of carbonyl (C=O) groups is 4. The molecule has 2 N–H and O–H groups in total. The van der Waals surface area contributed by atoms with Crippen LogP contribution < -0.4 is 14.2 Å². The van der Waals surface area contributed by atoms with E-state index in [1.54, 1.807) is 37.3 Å². The fourth-order valence-corrected chi connectivity index (χ4v) is 6.18. The van der Waals surface area contributed by atoms with Crippen LogP contribution in [-0.4, -0.2) is 71.6 Å². The zero-order valence-electron chi connectivity index (χ0n) is 25.9. The molecule has 3 aromatic carbocycles. The van der Waals surface area contributed by atoms with Crippen molar-refractivity contribution in [1.29, 1.82) is 0 Å². The maximum atomic E-state index is 13.4. The van der Waals surface area contributed by atoms with Gasteiger partial charge in [-0.1, -0.05) is 6.07 Å². The standard InChI is InChI=1S/C33H32O14/c1-14-28(44-15(2)36)30(45-16(3)37)31(46-17(4)38)33(43-14)47-29-22-8-20(11-35)19(10-34)7-21(22)26(27-23(29)12-40-32(27)39)18-5-6-24-25(9-18)42-13-41-24/h5-9,14,28,30-31,33-35H,10-13H2,1-4H3/t14-,28+,30+,31+,33?/m0/s1. The summed E-state index contributed by atoms with van der Waals surface area (Å²) in [6.45, 7) is 4.04. The summed E-state index contributed by atoms with van der Waals surface area (Å²) in [6, 6.07) is 8.46. The average Bonchev–Trinajstić information content (AvgIpc) is 3.65. The van der Waals surface area contributed by atoms with Crippen LogP contribution >= 0.6 is 0 Å². The summed E-state index contributed by atoms with van der Waals surface area (Å²) in [4.78, 5) is 49.9. The Morgan fingerprint density at radius 3 is 2.06 bits per heavy atom. The van der Waals surface area contributed by atoms with Crippen LogP contribution in [0.25, 0.3) is 21.9 Å². The minimum Gasteiger partial charge on any atom is -0.460 e. The second-order valence-corrected chi connectivity index (χ2v) is 11.2. The Hall–Kier alpha value is -4.92. The molecule has 0 aliphatic carbocycles. The number of cyclic esters (lactones) is 1. The molecule has 0 amide bonds. The molecule has 3 aromatic rings. The van der Waals surface area contributed by atoms with Gasteiger partial charge in [-0.3, -0.25) is 14.4 Å². The number of hydrogen-bond donors (Lipinski definition) is 2. The monoisotopic (exact) mass is 652 g/mol. The Kier molecular flexibility index (Phi) is 8.66. The third-order valence-corrected chi connectivity index (χ3v) is 8.10. The number of carbonyl (C=O) groups excluding carboxylic acids is 4. The molecule has 0 saturated carbocycles. The van der Waals surface area contributed by atoms with Crippen molar-refractivity contribution >= 4 is 34.6 Å². The summed E-state index contributed by atoms with van der Waals surface area (Å²) in [5, 5.41) is 21.3. The zero-order chi connectivity index (χ0) is 33.6. The molecule has 3 aliphatic rings. The fraction of sp³-hybridized carbons (Fsp3) is 0.394. The molecule has 3 aliphatic heterocycles. The van der Waals surface area contributed by atoms with Crippen molar-refractivity contribution in [1.82, 2.24) is 0 Å². The molecule has 0 radical (unpaired) electrons. The third kappa shape index (κ3) is 5.90. The van der Waals surface area contributed by atoms with Gasteiger partial charge in [0.25, 0.3) is 0 Å². The van der Waals surface area contributed by atoms with Gasteiger partial charge in [-0.05, 0) is 53.3 Å². The summed E-state index contributed by atoms with van der Waals surface area (Å²) in [6.07, 6.45) is -6.27. The van der Waals surface area contributed by atoms with E-state index in [9.17, 15) is 29.4 Å². The van der Waals surface area contributed by atoms with Crippen molar-refractivity contribution in [2.24, 2.45) is 0 Å². The molecular weight excluding hydrogens is 620 g/mol. The molecule has 14 nitrogen and oxygen atoms in total. The van der Waals surface area contributed by atoms with Crippen LogP contribution in [-0.2, 0) is 57.9 Å². The number of aliphatic hydroxyl groups is 2. The molecule has 5 atom stereocenters. The van der Waals surface area contributed by atoms with Crippen molar-refractivity contribution in [2.45, 2.75) is 78.2 Å². The highest BCUT2D eigenvalue weighted by Crippen LogP contribution is 2.48. The van der Waals surface area contributed by atoms with Crippen LogP contribution in [0, 0.1) is 0 Å². The van der Waals surface area contributed by atoms with Gasteiger partial charge in [0.2, 0.25) is 19.2 Å². The summed E-state index contributed by atoms with van der Waals surface area (Å²) in [7, 11) is 0. The van der Waals surface area contributed by atoms with E-state index in [4.69, 9.17) is 37.9 Å². The topological polar surface area (TPSA) is 183 Å². The molecule has 3 heterocycles. The highest BCUT2D eigenvalue weighted by atomic mass is 16.7. The lowest BCUT2D eigenvalue weighted by Crippen LogP contribution is -2.62. The van der Waals surface area contributed by atoms with E-state index in [-0.39, 0.29) is 24.7 Å². The number of fused-ring (bicyclic) bond motifs is 3. The van der Waals surface area contributed by atoms with E-state index < -0.39 is 67.8 Å². The Balaban J connectivity index is 1.56. The quantitative estimate of drug-likeness (QED) is 0.268. The smallest absolute Gasteiger partial charge is 0.339 e. The normalized spacial score (nSPS) is 22.8. The molecule has 47 heavy (non-hydrogen) atoms. The van der Waals surface area contributed by atoms with Gasteiger partial charge >= 0.3 is 23.9 Å². The van der Waals surface area contributed by atoms with E-state index in [0.29, 0.717) is 50.1 Å². The van der Waals surface area contributed by atoms with Crippen LogP contribution in [0.5, 0.6) is 17.2 Å². The molecule has 0 spiro atoms. The molecule has 0 aromatic heterocycles. The van der Waals surface area contributed by atoms with E-state index in [1.165, 1.54) is 6.92 Å². The molecular formula is C33H32O14. The minimum atomic E-state index is -1.44. The van der Waals surface area contributed by atoms with Gasteiger partial charge in [0.05, 0.1) is 24.9 Å². The molecule has 1 saturated heterocycles. The van der Waals surface area contributed by atoms with E-state index in [0.717, 1.165) is 13.8 Å². The first-order chi connectivity index (χ1) is 22.5. The second-order valence-electron chi connectivity index (χ2n) is 11.2. The number of esters is 4. The van der Waals surface area contributed by atoms with Gasteiger partial charge in [0.15, 0.2) is 23.7 Å². The molecule has 1 fully saturated rings. The van der Waals surface area contributed by atoms with E-state index >= 15 is 0 Å². The fourth-order valence-electron chi connectivity index (χ4n) is 6.18. The molecule has 0 bridgehead atoms. The minimum absolute atomic E-state index is 0.0386. The molecule has 248 valence electrons. The van der Waals surface area contributed by atoms with Crippen molar-refractivity contribution in [3.8, 4) is 28.4 Å². The number of aliphatic hydroxyl groups excluding tert-OH is 2. The van der Waals surface area contributed by atoms with Gasteiger partial charge in [0.1, 0.15) is 12.4 Å². The van der Waals surface area contributed by atoms with Crippen LogP contribution in [0.2, 0.25) is 0 Å². The lowest BCUT2D eigenvalue weighted by molar-refractivity contribution is -0.280. The van der Waals surface area contributed by atoms with Gasteiger partial charge in [0, 0.05) is 37.3 Å². The highest BCUT2D eigenvalue weighted by Gasteiger charge is 2.52. The van der Waals surface area contributed by atoms with Gasteiger partial charge in [-0.2, -0.15) is 0 Å². The number of hydrogen-bond acceptors (Lipinski definition) is 14. The largest absolute Gasteiger partial charge is 0.460 e. The highest BCUT2D eigenvalue weighted by molar-refractivity contribution is 6.13. The van der Waals surface area contributed by atoms with Crippen molar-refractivity contribution in [3.05, 3.63) is 52.6 Å². The van der Waals surface area contributed by atoms with Crippen LogP contribution in [0.3, 0.4) is 0 Å². The summed E-state index contributed by atoms with van der Waals surface area (Å²) >= 11 is 0. The Morgan fingerprint density at radius 1 is 0.787 bits per heavy atom. The van der Waals surface area contributed by atoms with Gasteiger partial charge < -0.3 is 48.1 Å². The van der Waals surface area contributed by atoms with Crippen LogP contribution in [0.4, 0.5) is 0 Å². The lowest BCUT2D eigenvalue weighted by atomic mass is 9.87. The zero-order valence-corrected chi connectivity index (χ0v) is 25.9. The first-order valence-electron chi connectivity index (χ1n) is 14.8. The van der Waals surface area contributed by atoms with E-state index in [1.807, 2.05) is 0 Å². The van der Waals surface area contributed by atoms with Crippen LogP contribution in [0.1, 0.15) is 54.7 Å². The van der Waals surface area contributed by atoms with E-state index in [2.05, 4.69) is 0 Å². The Morgan fingerprint density at radius 2 is 1.40 bits per heavy atom. The molecule has 14 heteroatoms. The third-order valence-electron chi connectivity index (χ3n) is 8.10. The molecule has 6 rings (SSSR count). The number of rotatable bonds is 8. The Bertz CT molecular complexity index is 1780. The first-order valence-corrected chi connectivity index (χ1v) is 14.8. The van der Waals surface area contributed by atoms with Crippen LogP contribution in [0.15, 0.2) is 30.3 Å². The van der Waals surface area contributed by atoms with Crippen molar-refractivity contribution in [2.75, 3.05) is 6.79 Å². The Labute approximate surface area is 267 Å². The van der Waals surface area contributed by atoms with Gasteiger partial charge in [-0.15, -0.1) is 0 Å². The summed E-state index contributed by atoms with van der Waals surface area (Å²) < 4.78 is 45.7. The SMILES string of the molecule is CC(=O)O[C@@H]1[C@H](OC(C)=O)[C@H](C)OC(Oc2c3c(c(-c4ccc5c(c4)OCO5)c4cc(CO)c(CO)cc24)C(=O)OC3)[C@@H]1OC(C)=O. The number of benzene rings is 3. The molecule has 1 unspecified atom stereocenters.